The molecule has 3 heteroatoms. The van der Waals surface area contributed by atoms with Gasteiger partial charge in [0.2, 0.25) is 0 Å². The summed E-state index contributed by atoms with van der Waals surface area (Å²) in [5, 5.41) is 10.1. The summed E-state index contributed by atoms with van der Waals surface area (Å²) in [7, 11) is 0. The highest BCUT2D eigenvalue weighted by molar-refractivity contribution is 6.34. The predicted molar refractivity (Wildman–Crippen MR) is 52.0 cm³/mol. The molecular formula is C9H10Cl2O. The molecule has 0 radical (unpaired) electrons. The molecule has 0 aromatic heterocycles. The minimum absolute atomic E-state index is 0.0844. The zero-order valence-electron chi connectivity index (χ0n) is 6.72. The van der Waals surface area contributed by atoms with Gasteiger partial charge in [-0.25, -0.2) is 0 Å². The molecule has 0 saturated heterocycles. The van der Waals surface area contributed by atoms with E-state index in [0.717, 1.165) is 5.56 Å². The molecule has 66 valence electrons. The van der Waals surface area contributed by atoms with Crippen LogP contribution in [0.25, 0.3) is 0 Å². The fourth-order valence-electron chi connectivity index (χ4n) is 0.965. The van der Waals surface area contributed by atoms with Gasteiger partial charge in [0.25, 0.3) is 0 Å². The van der Waals surface area contributed by atoms with Crippen LogP contribution in [0.2, 0.25) is 10.0 Å². The van der Waals surface area contributed by atoms with E-state index in [9.17, 15) is 0 Å². The van der Waals surface area contributed by atoms with E-state index in [1.165, 1.54) is 0 Å². The lowest BCUT2D eigenvalue weighted by Crippen LogP contribution is -1.98. The molecule has 0 bridgehead atoms. The molecular weight excluding hydrogens is 195 g/mol. The summed E-state index contributed by atoms with van der Waals surface area (Å²) in [6, 6.07) is 5.30. The Morgan fingerprint density at radius 2 is 1.75 bits per heavy atom. The first-order valence-corrected chi connectivity index (χ1v) is 4.46. The molecule has 1 rings (SSSR count). The van der Waals surface area contributed by atoms with Crippen LogP contribution in [0.4, 0.5) is 0 Å². The number of hydrogen-bond acceptors (Lipinski definition) is 1. The van der Waals surface area contributed by atoms with E-state index in [0.29, 0.717) is 10.0 Å². The molecule has 0 aliphatic carbocycles. The highest BCUT2D eigenvalue weighted by Gasteiger charge is 2.05. The first-order chi connectivity index (χ1) is 5.63. The zero-order valence-corrected chi connectivity index (χ0v) is 8.23. The summed E-state index contributed by atoms with van der Waals surface area (Å²) in [5.41, 5.74) is 0.968. The van der Waals surface area contributed by atoms with Gasteiger partial charge >= 0.3 is 0 Å². The standard InChI is InChI=1S/C9H10Cl2O/c1-6(5-12)7-2-8(10)4-9(11)3-7/h2-4,6,12H,5H2,1H3. The van der Waals surface area contributed by atoms with E-state index >= 15 is 0 Å². The van der Waals surface area contributed by atoms with Gasteiger partial charge in [-0.1, -0.05) is 30.1 Å². The topological polar surface area (TPSA) is 20.2 Å². The lowest BCUT2D eigenvalue weighted by Gasteiger charge is -2.08. The maximum Gasteiger partial charge on any atom is 0.0497 e. The quantitative estimate of drug-likeness (QED) is 0.786. The van der Waals surface area contributed by atoms with Crippen LogP contribution in [0.5, 0.6) is 0 Å². The van der Waals surface area contributed by atoms with Crippen LogP contribution in [0.15, 0.2) is 18.2 Å². The molecule has 0 aliphatic heterocycles. The number of benzene rings is 1. The Morgan fingerprint density at radius 1 is 1.25 bits per heavy atom. The minimum atomic E-state index is 0.0844. The average Bonchev–Trinajstić information content (AvgIpc) is 2.01. The van der Waals surface area contributed by atoms with Crippen molar-refractivity contribution < 1.29 is 5.11 Å². The van der Waals surface area contributed by atoms with E-state index in [2.05, 4.69) is 0 Å². The Kier molecular flexibility index (Phi) is 3.39. The maximum atomic E-state index is 8.88. The van der Waals surface area contributed by atoms with Crippen LogP contribution >= 0.6 is 23.2 Å². The van der Waals surface area contributed by atoms with Crippen molar-refractivity contribution in [2.45, 2.75) is 12.8 Å². The maximum absolute atomic E-state index is 8.88. The molecule has 1 aromatic rings. The van der Waals surface area contributed by atoms with Gasteiger partial charge in [-0.3, -0.25) is 0 Å². The fraction of sp³-hybridized carbons (Fsp3) is 0.333. The summed E-state index contributed by atoms with van der Waals surface area (Å²) in [6.45, 7) is 2.03. The third-order valence-electron chi connectivity index (χ3n) is 1.73. The summed E-state index contributed by atoms with van der Waals surface area (Å²) in [5.74, 6) is 0.0844. The van der Waals surface area contributed by atoms with Crippen molar-refractivity contribution >= 4 is 23.2 Å². The molecule has 1 nitrogen and oxygen atoms in total. The third-order valence-corrected chi connectivity index (χ3v) is 2.16. The van der Waals surface area contributed by atoms with E-state index in [1.807, 2.05) is 19.1 Å². The monoisotopic (exact) mass is 204 g/mol. The Bertz CT molecular complexity index is 253. The number of hydrogen-bond donors (Lipinski definition) is 1. The van der Waals surface area contributed by atoms with Crippen LogP contribution in [0.3, 0.4) is 0 Å². The van der Waals surface area contributed by atoms with Gasteiger partial charge in [-0.05, 0) is 23.8 Å². The summed E-state index contributed by atoms with van der Waals surface area (Å²) < 4.78 is 0. The Labute approximate surface area is 81.9 Å². The number of rotatable bonds is 2. The highest BCUT2D eigenvalue weighted by Crippen LogP contribution is 2.23. The lowest BCUT2D eigenvalue weighted by molar-refractivity contribution is 0.273. The third kappa shape index (κ3) is 2.37. The second-order valence-electron chi connectivity index (χ2n) is 2.79. The molecule has 1 aromatic carbocycles. The van der Waals surface area contributed by atoms with Gasteiger partial charge in [0.15, 0.2) is 0 Å². The van der Waals surface area contributed by atoms with Crippen molar-refractivity contribution in [3.05, 3.63) is 33.8 Å². The molecule has 0 saturated carbocycles. The van der Waals surface area contributed by atoms with Crippen molar-refractivity contribution in [2.75, 3.05) is 6.61 Å². The summed E-state index contributed by atoms with van der Waals surface area (Å²) >= 11 is 11.6. The van der Waals surface area contributed by atoms with Crippen molar-refractivity contribution in [1.29, 1.82) is 0 Å². The first-order valence-electron chi connectivity index (χ1n) is 3.70. The van der Waals surface area contributed by atoms with Gasteiger partial charge in [-0.15, -0.1) is 0 Å². The Balaban J connectivity index is 3.00. The molecule has 12 heavy (non-hydrogen) atoms. The second-order valence-corrected chi connectivity index (χ2v) is 3.66. The average molecular weight is 205 g/mol. The number of aliphatic hydroxyl groups excluding tert-OH is 1. The summed E-state index contributed by atoms with van der Waals surface area (Å²) in [6.07, 6.45) is 0. The van der Waals surface area contributed by atoms with Crippen LogP contribution < -0.4 is 0 Å². The lowest BCUT2D eigenvalue weighted by atomic mass is 10.0. The van der Waals surface area contributed by atoms with Crippen molar-refractivity contribution in [3.63, 3.8) is 0 Å². The number of halogens is 2. The second kappa shape index (κ2) is 4.13. The van der Waals surface area contributed by atoms with E-state index in [-0.39, 0.29) is 12.5 Å². The highest BCUT2D eigenvalue weighted by atomic mass is 35.5. The predicted octanol–water partition coefficient (Wildman–Crippen LogP) is 3.09. The molecule has 1 unspecified atom stereocenters. The van der Waals surface area contributed by atoms with Crippen LogP contribution in [0.1, 0.15) is 18.4 Å². The SMILES string of the molecule is CC(CO)c1cc(Cl)cc(Cl)c1. The largest absolute Gasteiger partial charge is 0.396 e. The van der Waals surface area contributed by atoms with Gasteiger partial charge < -0.3 is 5.11 Å². The summed E-state index contributed by atoms with van der Waals surface area (Å²) in [4.78, 5) is 0. The Hall–Kier alpha value is -0.240. The molecule has 0 spiro atoms. The molecule has 0 heterocycles. The Morgan fingerprint density at radius 3 is 2.17 bits per heavy atom. The number of aliphatic hydroxyl groups is 1. The van der Waals surface area contributed by atoms with Gasteiger partial charge in [0.05, 0.1) is 0 Å². The molecule has 1 N–H and O–H groups in total. The molecule has 0 aliphatic rings. The smallest absolute Gasteiger partial charge is 0.0497 e. The molecule has 0 amide bonds. The van der Waals surface area contributed by atoms with Gasteiger partial charge in [-0.2, -0.15) is 0 Å². The van der Waals surface area contributed by atoms with Crippen molar-refractivity contribution in [2.24, 2.45) is 0 Å². The zero-order chi connectivity index (χ0) is 9.14. The first kappa shape index (κ1) is 9.85. The van der Waals surface area contributed by atoms with E-state index < -0.39 is 0 Å². The van der Waals surface area contributed by atoms with E-state index in [1.54, 1.807) is 6.07 Å². The molecule has 1 atom stereocenters. The fourth-order valence-corrected chi connectivity index (χ4v) is 1.51. The van der Waals surface area contributed by atoms with Gasteiger partial charge in [0, 0.05) is 22.6 Å². The van der Waals surface area contributed by atoms with Crippen LogP contribution in [-0.2, 0) is 0 Å². The normalized spacial score (nSPS) is 13.0. The van der Waals surface area contributed by atoms with Gasteiger partial charge in [0.1, 0.15) is 0 Å². The van der Waals surface area contributed by atoms with Crippen LogP contribution in [0, 0.1) is 0 Å². The van der Waals surface area contributed by atoms with E-state index in [4.69, 9.17) is 28.3 Å². The van der Waals surface area contributed by atoms with Crippen molar-refractivity contribution in [3.8, 4) is 0 Å². The molecule has 0 fully saturated rings. The minimum Gasteiger partial charge on any atom is -0.396 e. The van der Waals surface area contributed by atoms with Crippen LogP contribution in [-0.4, -0.2) is 11.7 Å². The van der Waals surface area contributed by atoms with Crippen molar-refractivity contribution in [1.82, 2.24) is 0 Å².